The standard InChI is InChI=1S/C25H17ClN4O2/c26-18-12-10-17(11-13-18)24(31)30-23-20-9-5-4-8-19(20)22(29-23)21(14-27)25(32)28-15-16-6-2-1-3-7-16/h1-13H,15H2,(H,28,32)(H,29,30,31)/b22-21+. The molecule has 0 atom stereocenters. The van der Waals surface area contributed by atoms with Crippen LogP contribution in [0.4, 0.5) is 0 Å². The lowest BCUT2D eigenvalue weighted by molar-refractivity contribution is -0.117. The topological polar surface area (TPSA) is 94.3 Å². The number of amidine groups is 1. The number of benzene rings is 3. The fraction of sp³-hybridized carbons (Fsp3) is 0.0400. The molecule has 1 aliphatic rings. The predicted octanol–water partition coefficient (Wildman–Crippen LogP) is 4.08. The van der Waals surface area contributed by atoms with Crippen molar-refractivity contribution in [3.63, 3.8) is 0 Å². The average Bonchev–Trinajstić information content (AvgIpc) is 3.17. The number of nitrogens with one attached hydrogen (secondary N) is 2. The third-order valence-corrected chi connectivity index (χ3v) is 5.12. The number of hydrogen-bond donors (Lipinski definition) is 2. The van der Waals surface area contributed by atoms with Crippen molar-refractivity contribution in [1.82, 2.24) is 10.6 Å². The van der Waals surface area contributed by atoms with Gasteiger partial charge in [-0.25, -0.2) is 4.99 Å². The average molecular weight is 441 g/mol. The van der Waals surface area contributed by atoms with Crippen LogP contribution in [0.5, 0.6) is 0 Å². The molecule has 7 heteroatoms. The number of carbonyl (C=O) groups is 2. The van der Waals surface area contributed by atoms with Crippen molar-refractivity contribution in [2.75, 3.05) is 0 Å². The summed E-state index contributed by atoms with van der Waals surface area (Å²) in [6.07, 6.45) is 0. The molecule has 0 bridgehead atoms. The molecule has 1 aliphatic heterocycles. The first-order chi connectivity index (χ1) is 15.6. The summed E-state index contributed by atoms with van der Waals surface area (Å²) in [5, 5.41) is 15.8. The van der Waals surface area contributed by atoms with Gasteiger partial charge < -0.3 is 10.6 Å². The van der Waals surface area contributed by atoms with Gasteiger partial charge in [0.1, 0.15) is 17.5 Å². The summed E-state index contributed by atoms with van der Waals surface area (Å²) in [6, 6.07) is 24.9. The number of fused-ring (bicyclic) bond motifs is 1. The van der Waals surface area contributed by atoms with Crippen LogP contribution >= 0.6 is 11.6 Å². The Hall–Kier alpha value is -4.21. The molecule has 0 fully saturated rings. The zero-order valence-electron chi connectivity index (χ0n) is 16.8. The molecule has 6 nitrogen and oxygen atoms in total. The Morgan fingerprint density at radius 3 is 2.25 bits per heavy atom. The summed E-state index contributed by atoms with van der Waals surface area (Å²) in [7, 11) is 0. The number of aliphatic imine (C=N–C) groups is 1. The second-order valence-corrected chi connectivity index (χ2v) is 7.41. The monoisotopic (exact) mass is 440 g/mol. The van der Waals surface area contributed by atoms with Crippen LogP contribution in [0.3, 0.4) is 0 Å². The molecule has 0 unspecified atom stereocenters. The lowest BCUT2D eigenvalue weighted by atomic mass is 10.0. The minimum atomic E-state index is -0.532. The van der Waals surface area contributed by atoms with Gasteiger partial charge in [0, 0.05) is 28.3 Å². The highest BCUT2D eigenvalue weighted by molar-refractivity contribution is 6.30. The minimum Gasteiger partial charge on any atom is -0.347 e. The molecular formula is C25H17ClN4O2. The Morgan fingerprint density at radius 2 is 1.56 bits per heavy atom. The molecule has 0 radical (unpaired) electrons. The molecule has 3 aromatic carbocycles. The molecule has 32 heavy (non-hydrogen) atoms. The van der Waals surface area contributed by atoms with E-state index < -0.39 is 5.91 Å². The zero-order chi connectivity index (χ0) is 22.5. The van der Waals surface area contributed by atoms with Crippen LogP contribution in [-0.2, 0) is 11.3 Å². The Morgan fingerprint density at radius 1 is 0.906 bits per heavy atom. The van der Waals surface area contributed by atoms with Gasteiger partial charge in [0.25, 0.3) is 11.8 Å². The highest BCUT2D eigenvalue weighted by Crippen LogP contribution is 2.30. The van der Waals surface area contributed by atoms with Crippen LogP contribution in [-0.4, -0.2) is 17.6 Å². The third-order valence-electron chi connectivity index (χ3n) is 4.87. The van der Waals surface area contributed by atoms with Crippen molar-refractivity contribution in [2.24, 2.45) is 4.99 Å². The highest BCUT2D eigenvalue weighted by atomic mass is 35.5. The lowest BCUT2D eigenvalue weighted by Gasteiger charge is -2.06. The van der Waals surface area contributed by atoms with E-state index in [0.717, 1.165) is 5.56 Å². The number of nitrogens with zero attached hydrogens (tertiary/aromatic N) is 2. The van der Waals surface area contributed by atoms with E-state index in [2.05, 4.69) is 15.6 Å². The van der Waals surface area contributed by atoms with Crippen molar-refractivity contribution in [2.45, 2.75) is 6.54 Å². The van der Waals surface area contributed by atoms with E-state index in [1.807, 2.05) is 36.4 Å². The maximum atomic E-state index is 12.8. The summed E-state index contributed by atoms with van der Waals surface area (Å²) in [5.74, 6) is -0.627. The van der Waals surface area contributed by atoms with E-state index in [9.17, 15) is 14.9 Å². The smallest absolute Gasteiger partial charge is 0.264 e. The maximum absolute atomic E-state index is 12.8. The first kappa shape index (κ1) is 21.0. The van der Waals surface area contributed by atoms with Crippen molar-refractivity contribution in [1.29, 1.82) is 5.26 Å². The van der Waals surface area contributed by atoms with Gasteiger partial charge in [0.05, 0.1) is 5.70 Å². The van der Waals surface area contributed by atoms with E-state index in [1.54, 1.807) is 48.5 Å². The number of amides is 2. The molecular weight excluding hydrogens is 424 g/mol. The van der Waals surface area contributed by atoms with Crippen molar-refractivity contribution in [3.05, 3.63) is 112 Å². The van der Waals surface area contributed by atoms with Crippen LogP contribution in [0.2, 0.25) is 5.02 Å². The van der Waals surface area contributed by atoms with Crippen molar-refractivity contribution in [3.8, 4) is 6.07 Å². The van der Waals surface area contributed by atoms with Gasteiger partial charge in [0.2, 0.25) is 0 Å². The lowest BCUT2D eigenvalue weighted by Crippen LogP contribution is -2.30. The Balaban J connectivity index is 1.63. The Bertz CT molecular complexity index is 1290. The summed E-state index contributed by atoms with van der Waals surface area (Å²) in [6.45, 7) is 0.281. The second-order valence-electron chi connectivity index (χ2n) is 6.97. The Kier molecular flexibility index (Phi) is 6.11. The predicted molar refractivity (Wildman–Crippen MR) is 123 cm³/mol. The number of carbonyl (C=O) groups excluding carboxylic acids is 2. The Labute approximate surface area is 189 Å². The summed E-state index contributed by atoms with van der Waals surface area (Å²) >= 11 is 5.89. The van der Waals surface area contributed by atoms with Gasteiger partial charge in [-0.05, 0) is 29.8 Å². The van der Waals surface area contributed by atoms with E-state index in [4.69, 9.17) is 11.6 Å². The summed E-state index contributed by atoms with van der Waals surface area (Å²) in [4.78, 5) is 29.9. The molecule has 2 N–H and O–H groups in total. The van der Waals surface area contributed by atoms with Crippen molar-refractivity contribution >= 4 is 34.9 Å². The number of halogens is 1. The third kappa shape index (κ3) is 4.43. The van der Waals surface area contributed by atoms with Crippen LogP contribution in [0.1, 0.15) is 27.0 Å². The number of hydrogen-bond acceptors (Lipinski definition) is 4. The first-order valence-corrected chi connectivity index (χ1v) is 10.2. The highest BCUT2D eigenvalue weighted by Gasteiger charge is 2.27. The van der Waals surface area contributed by atoms with Crippen LogP contribution in [0, 0.1) is 11.3 Å². The SMILES string of the molecule is N#C/C(C(=O)NCc1ccccc1)=C1\N=C(NC(=O)c2ccc(Cl)cc2)c2ccccc21. The van der Waals surface area contributed by atoms with Gasteiger partial charge in [-0.2, -0.15) is 5.26 Å². The van der Waals surface area contributed by atoms with Gasteiger partial charge >= 0.3 is 0 Å². The molecule has 0 spiro atoms. The summed E-state index contributed by atoms with van der Waals surface area (Å²) in [5.41, 5.74) is 2.66. The van der Waals surface area contributed by atoms with E-state index in [0.29, 0.717) is 21.7 Å². The number of rotatable bonds is 4. The van der Waals surface area contributed by atoms with Crippen LogP contribution < -0.4 is 10.6 Å². The molecule has 4 rings (SSSR count). The normalized spacial score (nSPS) is 13.4. The van der Waals surface area contributed by atoms with Gasteiger partial charge in [-0.15, -0.1) is 0 Å². The summed E-state index contributed by atoms with van der Waals surface area (Å²) < 4.78 is 0. The van der Waals surface area contributed by atoms with E-state index in [-0.39, 0.29) is 29.6 Å². The molecule has 3 aromatic rings. The van der Waals surface area contributed by atoms with Crippen LogP contribution in [0.25, 0.3) is 5.70 Å². The van der Waals surface area contributed by atoms with Gasteiger partial charge in [0.15, 0.2) is 0 Å². The second kappa shape index (κ2) is 9.29. The quantitative estimate of drug-likeness (QED) is 0.472. The number of nitriles is 1. The largest absolute Gasteiger partial charge is 0.347 e. The molecule has 0 aliphatic carbocycles. The van der Waals surface area contributed by atoms with Crippen LogP contribution in [0.15, 0.2) is 89.4 Å². The maximum Gasteiger partial charge on any atom is 0.264 e. The molecule has 156 valence electrons. The minimum absolute atomic E-state index is 0.121. The first-order valence-electron chi connectivity index (χ1n) is 9.78. The zero-order valence-corrected chi connectivity index (χ0v) is 17.6. The van der Waals surface area contributed by atoms with Crippen molar-refractivity contribution < 1.29 is 9.59 Å². The molecule has 1 heterocycles. The fourth-order valence-corrected chi connectivity index (χ4v) is 3.40. The molecule has 2 amide bonds. The fourth-order valence-electron chi connectivity index (χ4n) is 3.27. The van der Waals surface area contributed by atoms with Gasteiger partial charge in [-0.3, -0.25) is 9.59 Å². The van der Waals surface area contributed by atoms with E-state index in [1.165, 1.54) is 0 Å². The molecule has 0 saturated heterocycles. The molecule has 0 aromatic heterocycles. The van der Waals surface area contributed by atoms with E-state index >= 15 is 0 Å². The van der Waals surface area contributed by atoms with Gasteiger partial charge in [-0.1, -0.05) is 66.2 Å². The molecule has 0 saturated carbocycles.